The van der Waals surface area contributed by atoms with Gasteiger partial charge in [-0.25, -0.2) is 4.79 Å². The quantitative estimate of drug-likeness (QED) is 0.203. The van der Waals surface area contributed by atoms with Crippen molar-refractivity contribution in [3.05, 3.63) is 102 Å². The van der Waals surface area contributed by atoms with Crippen LogP contribution in [0.25, 0.3) is 0 Å². The van der Waals surface area contributed by atoms with Crippen molar-refractivity contribution >= 4 is 29.3 Å². The van der Waals surface area contributed by atoms with Crippen molar-refractivity contribution < 1.29 is 33.7 Å². The summed E-state index contributed by atoms with van der Waals surface area (Å²) in [4.78, 5) is 37.8. The van der Waals surface area contributed by atoms with Crippen LogP contribution in [0.15, 0.2) is 91.0 Å². The number of ether oxygens (including phenoxy) is 3. The predicted molar refractivity (Wildman–Crippen MR) is 146 cm³/mol. The van der Waals surface area contributed by atoms with Gasteiger partial charge in [0, 0.05) is 18.2 Å². The van der Waals surface area contributed by atoms with Crippen LogP contribution in [0.3, 0.4) is 0 Å². The first-order chi connectivity index (χ1) is 18.9. The normalized spacial score (nSPS) is 12.4. The highest BCUT2D eigenvalue weighted by Crippen LogP contribution is 2.27. The number of carbonyl (C=O) groups is 3. The zero-order valence-corrected chi connectivity index (χ0v) is 21.4. The van der Waals surface area contributed by atoms with Gasteiger partial charge in [0.2, 0.25) is 5.91 Å². The summed E-state index contributed by atoms with van der Waals surface area (Å²) in [6.45, 7) is 1.98. The Kier molecular flexibility index (Phi) is 11.0. The second-order valence-electron chi connectivity index (χ2n) is 8.14. The molecule has 3 rings (SSSR count). The number of rotatable bonds is 12. The lowest BCUT2D eigenvalue weighted by molar-refractivity contribution is -0.112. The van der Waals surface area contributed by atoms with Crippen molar-refractivity contribution in [3.8, 4) is 5.75 Å². The summed E-state index contributed by atoms with van der Waals surface area (Å²) in [7, 11) is 0. The van der Waals surface area contributed by atoms with E-state index in [0.29, 0.717) is 22.7 Å². The number of anilines is 2. The largest absolute Gasteiger partial charge is 0.491 e. The van der Waals surface area contributed by atoms with E-state index in [4.69, 9.17) is 25.1 Å². The molecule has 3 amide bonds. The highest BCUT2D eigenvalue weighted by atomic mass is 16.6. The van der Waals surface area contributed by atoms with Crippen molar-refractivity contribution in [2.24, 2.45) is 0 Å². The fourth-order valence-electron chi connectivity index (χ4n) is 3.54. The van der Waals surface area contributed by atoms with Crippen molar-refractivity contribution in [2.75, 3.05) is 30.9 Å². The molecular weight excluding hydrogens is 502 g/mol. The van der Waals surface area contributed by atoms with E-state index in [1.165, 1.54) is 12.2 Å². The third-order valence-corrected chi connectivity index (χ3v) is 5.37. The SMILES string of the molecule is CCO[C@@H](/C=C/C(=O)Nc1ccccc1N)[C@@H](OC(=O)NC(=O)c1ccccc1)c1ccc(OCCO)cc1. The summed E-state index contributed by atoms with van der Waals surface area (Å²) in [6.07, 6.45) is -0.198. The van der Waals surface area contributed by atoms with Gasteiger partial charge in [0.25, 0.3) is 5.91 Å². The lowest BCUT2D eigenvalue weighted by atomic mass is 10.0. The number of nitrogens with two attached hydrogens (primary N) is 1. The first-order valence-electron chi connectivity index (χ1n) is 12.3. The molecule has 0 aromatic heterocycles. The van der Waals surface area contributed by atoms with Crippen LogP contribution in [0.4, 0.5) is 16.2 Å². The molecule has 2 atom stereocenters. The molecule has 0 saturated carbocycles. The van der Waals surface area contributed by atoms with Crippen molar-refractivity contribution in [3.63, 3.8) is 0 Å². The zero-order chi connectivity index (χ0) is 28.0. The highest BCUT2D eigenvalue weighted by molar-refractivity contribution is 6.03. The molecule has 0 unspecified atom stereocenters. The van der Waals surface area contributed by atoms with E-state index in [9.17, 15) is 14.4 Å². The molecule has 0 saturated heterocycles. The average Bonchev–Trinajstić information content (AvgIpc) is 2.95. The van der Waals surface area contributed by atoms with Crippen LogP contribution in [0.2, 0.25) is 0 Å². The number of nitrogen functional groups attached to an aromatic ring is 1. The molecule has 10 heteroatoms. The Morgan fingerprint density at radius 3 is 2.33 bits per heavy atom. The maximum Gasteiger partial charge on any atom is 0.414 e. The molecule has 10 nitrogen and oxygen atoms in total. The summed E-state index contributed by atoms with van der Waals surface area (Å²) >= 11 is 0. The van der Waals surface area contributed by atoms with E-state index in [2.05, 4.69) is 10.6 Å². The monoisotopic (exact) mass is 533 g/mol. The molecule has 0 radical (unpaired) electrons. The van der Waals surface area contributed by atoms with E-state index in [0.717, 1.165) is 0 Å². The minimum atomic E-state index is -1.04. The second kappa shape index (κ2) is 14.9. The molecule has 0 bridgehead atoms. The van der Waals surface area contributed by atoms with Crippen molar-refractivity contribution in [1.29, 1.82) is 0 Å². The van der Waals surface area contributed by atoms with Gasteiger partial charge < -0.3 is 30.4 Å². The standard InChI is InChI=1S/C29H31N3O7/c1-2-37-25(16-17-26(34)31-24-11-7-6-10-23(24)30)27(20-12-14-22(15-13-20)38-19-18-33)39-29(36)32-28(35)21-8-4-3-5-9-21/h3-17,25,27,33H,2,18-19,30H2,1H3,(H,31,34)(H,32,35,36)/b17-16+/t25-,27-/m0/s1. The Bertz CT molecular complexity index is 1260. The van der Waals surface area contributed by atoms with Gasteiger partial charge in [0.05, 0.1) is 18.0 Å². The van der Waals surface area contributed by atoms with Crippen molar-refractivity contribution in [2.45, 2.75) is 19.1 Å². The fourth-order valence-corrected chi connectivity index (χ4v) is 3.54. The molecule has 3 aromatic carbocycles. The summed E-state index contributed by atoms with van der Waals surface area (Å²) in [5.74, 6) is -0.596. The van der Waals surface area contributed by atoms with E-state index in [1.807, 2.05) is 0 Å². The summed E-state index contributed by atoms with van der Waals surface area (Å²) in [5, 5.41) is 13.9. The Morgan fingerprint density at radius 1 is 0.974 bits per heavy atom. The molecule has 39 heavy (non-hydrogen) atoms. The molecule has 5 N–H and O–H groups in total. The number of hydrogen-bond donors (Lipinski definition) is 4. The van der Waals surface area contributed by atoms with Gasteiger partial charge in [0.1, 0.15) is 18.5 Å². The number of benzene rings is 3. The molecule has 0 heterocycles. The topological polar surface area (TPSA) is 149 Å². The maximum absolute atomic E-state index is 12.8. The number of hydrogen-bond acceptors (Lipinski definition) is 8. The summed E-state index contributed by atoms with van der Waals surface area (Å²) in [6, 6.07) is 21.7. The van der Waals surface area contributed by atoms with Gasteiger partial charge >= 0.3 is 6.09 Å². The summed E-state index contributed by atoms with van der Waals surface area (Å²) in [5.41, 5.74) is 7.56. The number of alkyl carbamates (subject to hydrolysis) is 1. The van der Waals surface area contributed by atoms with Gasteiger partial charge in [-0.15, -0.1) is 0 Å². The van der Waals surface area contributed by atoms with Gasteiger partial charge in [-0.05, 0) is 55.0 Å². The highest BCUT2D eigenvalue weighted by Gasteiger charge is 2.27. The molecule has 0 aliphatic carbocycles. The number of para-hydroxylation sites is 2. The molecule has 0 aliphatic heterocycles. The summed E-state index contributed by atoms with van der Waals surface area (Å²) < 4.78 is 16.9. The Morgan fingerprint density at radius 2 is 1.67 bits per heavy atom. The number of nitrogens with one attached hydrogen (secondary N) is 2. The Labute approximate surface area is 226 Å². The number of aliphatic hydroxyl groups is 1. The minimum Gasteiger partial charge on any atom is -0.491 e. The van der Waals surface area contributed by atoms with E-state index in [1.54, 1.807) is 85.8 Å². The van der Waals surface area contributed by atoms with Crippen LogP contribution in [-0.4, -0.2) is 48.9 Å². The minimum absolute atomic E-state index is 0.120. The molecule has 0 spiro atoms. The first kappa shape index (κ1) is 28.9. The van der Waals surface area contributed by atoms with Crippen LogP contribution in [0.5, 0.6) is 5.75 Å². The Hall–Kier alpha value is -4.67. The molecule has 0 aliphatic rings. The average molecular weight is 534 g/mol. The van der Waals surface area contributed by atoms with Crippen LogP contribution in [-0.2, 0) is 14.3 Å². The van der Waals surface area contributed by atoms with E-state index in [-0.39, 0.29) is 25.4 Å². The lowest BCUT2D eigenvalue weighted by Crippen LogP contribution is -2.35. The number of imide groups is 1. The second-order valence-corrected chi connectivity index (χ2v) is 8.14. The van der Waals surface area contributed by atoms with Gasteiger partial charge in [0.15, 0.2) is 6.10 Å². The smallest absolute Gasteiger partial charge is 0.414 e. The van der Waals surface area contributed by atoms with Crippen LogP contribution < -0.4 is 21.1 Å². The maximum atomic E-state index is 12.8. The lowest BCUT2D eigenvalue weighted by Gasteiger charge is -2.25. The predicted octanol–water partition coefficient (Wildman–Crippen LogP) is 3.85. The van der Waals surface area contributed by atoms with Gasteiger partial charge in [-0.1, -0.05) is 42.5 Å². The number of aliphatic hydroxyl groups excluding tert-OH is 1. The number of carbonyl (C=O) groups excluding carboxylic acids is 3. The Balaban J connectivity index is 1.82. The van der Waals surface area contributed by atoms with Crippen molar-refractivity contribution in [1.82, 2.24) is 5.32 Å². The molecule has 3 aromatic rings. The fraction of sp³-hybridized carbons (Fsp3) is 0.207. The van der Waals surface area contributed by atoms with E-state index < -0.39 is 30.1 Å². The van der Waals surface area contributed by atoms with Crippen LogP contribution in [0.1, 0.15) is 28.9 Å². The van der Waals surface area contributed by atoms with Crippen LogP contribution >= 0.6 is 0 Å². The zero-order valence-electron chi connectivity index (χ0n) is 21.4. The first-order valence-corrected chi connectivity index (χ1v) is 12.3. The van der Waals surface area contributed by atoms with Gasteiger partial charge in [-0.3, -0.25) is 14.9 Å². The third kappa shape index (κ3) is 8.99. The molecule has 204 valence electrons. The van der Waals surface area contributed by atoms with Gasteiger partial charge in [-0.2, -0.15) is 0 Å². The third-order valence-electron chi connectivity index (χ3n) is 5.37. The van der Waals surface area contributed by atoms with Crippen LogP contribution in [0, 0.1) is 0 Å². The molecular formula is C29H31N3O7. The number of amides is 3. The molecule has 0 fully saturated rings. The van der Waals surface area contributed by atoms with E-state index >= 15 is 0 Å².